The summed E-state index contributed by atoms with van der Waals surface area (Å²) in [6, 6.07) is 10.9. The first-order valence-corrected chi connectivity index (χ1v) is 10.9. The number of rotatable bonds is 7. The summed E-state index contributed by atoms with van der Waals surface area (Å²) in [5.74, 6) is 0.302. The lowest BCUT2D eigenvalue weighted by Crippen LogP contribution is -2.36. The molecule has 3 heterocycles. The van der Waals surface area contributed by atoms with Crippen LogP contribution in [-0.2, 0) is 15.7 Å². The summed E-state index contributed by atoms with van der Waals surface area (Å²) in [5, 5.41) is 0. The fraction of sp³-hybridized carbons (Fsp3) is 0.227. The highest BCUT2D eigenvalue weighted by molar-refractivity contribution is 7.86. The van der Waals surface area contributed by atoms with Gasteiger partial charge < -0.3 is 14.4 Å². The smallest absolute Gasteiger partial charge is 0.231 e. The van der Waals surface area contributed by atoms with Gasteiger partial charge in [-0.3, -0.25) is 14.5 Å². The van der Waals surface area contributed by atoms with Crippen LogP contribution in [0.5, 0.6) is 5.88 Å². The number of morpholine rings is 1. The minimum atomic E-state index is -1.61. The molecule has 31 heavy (non-hydrogen) atoms. The van der Waals surface area contributed by atoms with Crippen molar-refractivity contribution in [3.8, 4) is 17.0 Å². The molecule has 0 aliphatic carbocycles. The number of nitrogens with zero attached hydrogens (tertiary/aromatic N) is 3. The van der Waals surface area contributed by atoms with E-state index in [2.05, 4.69) is 19.6 Å². The minimum absolute atomic E-state index is 0.302. The molecule has 0 bridgehead atoms. The molecule has 160 valence electrons. The van der Waals surface area contributed by atoms with Crippen LogP contribution in [0.3, 0.4) is 0 Å². The maximum absolute atomic E-state index is 13.1. The van der Waals surface area contributed by atoms with Gasteiger partial charge in [0.25, 0.3) is 0 Å². The molecular formula is C22H22N4O4S. The number of methoxy groups -OCH3 is 1. The molecule has 0 spiro atoms. The topological polar surface area (TPSA) is 93.7 Å². The van der Waals surface area contributed by atoms with Gasteiger partial charge in [-0.25, -0.2) is 9.19 Å². The summed E-state index contributed by atoms with van der Waals surface area (Å²) in [4.78, 5) is 22.0. The Morgan fingerprint density at radius 2 is 1.87 bits per heavy atom. The van der Waals surface area contributed by atoms with E-state index in [9.17, 15) is 9.00 Å². The van der Waals surface area contributed by atoms with Gasteiger partial charge in [-0.05, 0) is 17.7 Å². The third-order valence-corrected chi connectivity index (χ3v) is 6.02. The molecule has 0 saturated carbocycles. The molecule has 4 rings (SSSR count). The summed E-state index contributed by atoms with van der Waals surface area (Å²) in [6.45, 7) is 2.80. The van der Waals surface area contributed by atoms with Gasteiger partial charge >= 0.3 is 0 Å². The fourth-order valence-corrected chi connectivity index (χ4v) is 4.23. The fourth-order valence-electron chi connectivity index (χ4n) is 3.27. The standard InChI is InChI=1S/C22H22N4O4S/c1-29-22-21(11-20(14-24-22)26-6-8-30-9-7-26)31(28)25-19-10-18(12-23-13-19)17-4-2-16(15-27)3-5-17/h2-5,10-15,25H,6-9H2,1H3. The number of hydrogen-bond donors (Lipinski definition) is 1. The van der Waals surface area contributed by atoms with Crippen LogP contribution in [-0.4, -0.2) is 53.9 Å². The Hall–Kier alpha value is -3.30. The molecule has 1 aliphatic heterocycles. The lowest BCUT2D eigenvalue weighted by Gasteiger charge is -2.28. The van der Waals surface area contributed by atoms with E-state index in [1.165, 1.54) is 7.11 Å². The molecule has 1 atom stereocenters. The molecule has 2 aromatic heterocycles. The van der Waals surface area contributed by atoms with Crippen molar-refractivity contribution in [2.24, 2.45) is 0 Å². The van der Waals surface area contributed by atoms with Crippen LogP contribution in [0.4, 0.5) is 11.4 Å². The van der Waals surface area contributed by atoms with E-state index in [0.29, 0.717) is 35.2 Å². The second-order valence-electron chi connectivity index (χ2n) is 6.87. The van der Waals surface area contributed by atoms with E-state index in [1.807, 2.05) is 24.3 Å². The molecule has 9 heteroatoms. The van der Waals surface area contributed by atoms with Crippen molar-refractivity contribution in [1.29, 1.82) is 0 Å². The minimum Gasteiger partial charge on any atom is -0.480 e. The average Bonchev–Trinajstić information content (AvgIpc) is 2.84. The first-order valence-electron chi connectivity index (χ1n) is 9.74. The van der Waals surface area contributed by atoms with Crippen molar-refractivity contribution in [2.45, 2.75) is 4.90 Å². The number of benzene rings is 1. The van der Waals surface area contributed by atoms with E-state index < -0.39 is 11.0 Å². The van der Waals surface area contributed by atoms with Gasteiger partial charge in [0.1, 0.15) is 11.2 Å². The summed E-state index contributed by atoms with van der Waals surface area (Å²) in [6.07, 6.45) is 5.84. The normalized spacial score (nSPS) is 14.7. The number of pyridine rings is 2. The second kappa shape index (κ2) is 9.67. The highest BCUT2D eigenvalue weighted by Crippen LogP contribution is 2.28. The van der Waals surface area contributed by atoms with Crippen LogP contribution in [0.15, 0.2) is 59.9 Å². The number of carbonyl (C=O) groups is 1. The molecule has 1 aliphatic rings. The van der Waals surface area contributed by atoms with Crippen molar-refractivity contribution in [3.05, 3.63) is 60.6 Å². The Labute approximate surface area is 182 Å². The quantitative estimate of drug-likeness (QED) is 0.567. The second-order valence-corrected chi connectivity index (χ2v) is 8.05. The maximum atomic E-state index is 13.1. The third-order valence-electron chi connectivity index (χ3n) is 4.90. The first kappa shape index (κ1) is 21.0. The largest absolute Gasteiger partial charge is 0.480 e. The monoisotopic (exact) mass is 438 g/mol. The van der Waals surface area contributed by atoms with Crippen molar-refractivity contribution in [3.63, 3.8) is 0 Å². The molecule has 8 nitrogen and oxygen atoms in total. The van der Waals surface area contributed by atoms with Crippen LogP contribution in [0, 0.1) is 0 Å². The van der Waals surface area contributed by atoms with E-state index in [1.54, 1.807) is 30.7 Å². The number of ether oxygens (including phenoxy) is 2. The average molecular weight is 439 g/mol. The SMILES string of the molecule is COc1ncc(N2CCOCC2)cc1S(=O)Nc1cncc(-c2ccc(C=O)cc2)c1. The predicted octanol–water partition coefficient (Wildman–Crippen LogP) is 2.94. The number of carbonyl (C=O) groups excluding carboxylic acids is 1. The number of nitrogens with one attached hydrogen (secondary N) is 1. The van der Waals surface area contributed by atoms with Gasteiger partial charge in [0, 0.05) is 30.4 Å². The lowest BCUT2D eigenvalue weighted by atomic mass is 10.1. The Morgan fingerprint density at radius 3 is 2.58 bits per heavy atom. The van der Waals surface area contributed by atoms with E-state index >= 15 is 0 Å². The van der Waals surface area contributed by atoms with Crippen molar-refractivity contribution in [2.75, 3.05) is 43.0 Å². The lowest BCUT2D eigenvalue weighted by molar-refractivity contribution is 0.112. The summed E-state index contributed by atoms with van der Waals surface area (Å²) < 4.78 is 26.8. The van der Waals surface area contributed by atoms with Crippen molar-refractivity contribution >= 4 is 28.6 Å². The van der Waals surface area contributed by atoms with Gasteiger partial charge in [0.05, 0.1) is 44.1 Å². The maximum Gasteiger partial charge on any atom is 0.231 e. The Morgan fingerprint density at radius 1 is 1.10 bits per heavy atom. The van der Waals surface area contributed by atoms with Crippen LogP contribution in [0.25, 0.3) is 11.1 Å². The van der Waals surface area contributed by atoms with Crippen molar-refractivity contribution in [1.82, 2.24) is 9.97 Å². The number of aromatic nitrogens is 2. The van der Waals surface area contributed by atoms with E-state index in [-0.39, 0.29) is 0 Å². The molecular weight excluding hydrogens is 416 g/mol. The van der Waals surface area contributed by atoms with Crippen LogP contribution in [0.1, 0.15) is 10.4 Å². The van der Waals surface area contributed by atoms with Gasteiger partial charge in [-0.1, -0.05) is 24.3 Å². The summed E-state index contributed by atoms with van der Waals surface area (Å²) in [7, 11) is -0.109. The Kier molecular flexibility index (Phi) is 6.54. The van der Waals surface area contributed by atoms with Gasteiger partial charge in [0.2, 0.25) is 5.88 Å². The van der Waals surface area contributed by atoms with Crippen molar-refractivity contribution < 1.29 is 18.5 Å². The molecule has 1 unspecified atom stereocenters. The molecule has 1 fully saturated rings. The number of anilines is 2. The van der Waals surface area contributed by atoms with Crippen LogP contribution >= 0.6 is 0 Å². The van der Waals surface area contributed by atoms with E-state index in [4.69, 9.17) is 9.47 Å². The van der Waals surface area contributed by atoms with Gasteiger partial charge in [0.15, 0.2) is 11.0 Å². The van der Waals surface area contributed by atoms with Gasteiger partial charge in [-0.15, -0.1) is 0 Å². The summed E-state index contributed by atoms with van der Waals surface area (Å²) in [5.41, 5.74) is 3.81. The highest BCUT2D eigenvalue weighted by atomic mass is 32.2. The van der Waals surface area contributed by atoms with Crippen LogP contribution < -0.4 is 14.4 Å². The predicted molar refractivity (Wildman–Crippen MR) is 119 cm³/mol. The first-order chi connectivity index (χ1) is 15.2. The number of aldehydes is 1. The molecule has 0 radical (unpaired) electrons. The molecule has 0 amide bonds. The molecule has 1 N–H and O–H groups in total. The van der Waals surface area contributed by atoms with Crippen LogP contribution in [0.2, 0.25) is 0 Å². The Balaban J connectivity index is 1.56. The van der Waals surface area contributed by atoms with E-state index in [0.717, 1.165) is 36.2 Å². The zero-order chi connectivity index (χ0) is 21.6. The number of hydrogen-bond acceptors (Lipinski definition) is 7. The van der Waals surface area contributed by atoms with Gasteiger partial charge in [-0.2, -0.15) is 0 Å². The third kappa shape index (κ3) is 4.89. The molecule has 1 saturated heterocycles. The zero-order valence-corrected chi connectivity index (χ0v) is 17.8. The molecule has 1 aromatic carbocycles. The Bertz CT molecular complexity index is 1090. The zero-order valence-electron chi connectivity index (χ0n) is 17.0. The molecule has 3 aromatic rings. The highest BCUT2D eigenvalue weighted by Gasteiger charge is 2.18. The summed E-state index contributed by atoms with van der Waals surface area (Å²) >= 11 is 0.